The van der Waals surface area contributed by atoms with Gasteiger partial charge in [0.05, 0.1) is 23.0 Å². The number of carboxylic acids is 2. The predicted octanol–water partition coefficient (Wildman–Crippen LogP) is 4.62. The normalized spacial score (nSPS) is 35.2. The quantitative estimate of drug-likeness (QED) is 0.0590. The smallest absolute Gasteiger partial charge is 0.334 e. The molecular weight excluding hydrogens is 724 g/mol. The zero-order chi connectivity index (χ0) is 40.4. The van der Waals surface area contributed by atoms with Crippen molar-refractivity contribution >= 4 is 35.7 Å². The number of ether oxygens (including phenoxy) is 4. The number of carbonyl (C=O) groups excluding carboxylic acids is 4. The van der Waals surface area contributed by atoms with Gasteiger partial charge in [-0.1, -0.05) is 36.5 Å². The second kappa shape index (κ2) is 16.7. The molecule has 8 atom stereocenters. The Kier molecular flexibility index (Phi) is 12.3. The van der Waals surface area contributed by atoms with Crippen molar-refractivity contribution < 1.29 is 57.9 Å². The van der Waals surface area contributed by atoms with E-state index in [4.69, 9.17) is 24.1 Å². The molecule has 6 rings (SSSR count). The average Bonchev–Trinajstić information content (AvgIpc) is 3.95. The van der Waals surface area contributed by atoms with E-state index in [2.05, 4.69) is 35.9 Å². The van der Waals surface area contributed by atoms with Crippen LogP contribution in [0.4, 0.5) is 0 Å². The molecule has 306 valence electrons. The molecule has 4 fully saturated rings. The van der Waals surface area contributed by atoms with Crippen LogP contribution in [0.1, 0.15) is 110 Å². The third kappa shape index (κ3) is 9.28. The number of esters is 2. The second-order valence-electron chi connectivity index (χ2n) is 17.0. The molecule has 0 unspecified atom stereocenters. The molecule has 0 radical (unpaired) electrons. The summed E-state index contributed by atoms with van der Waals surface area (Å²) in [6.45, 7) is 12.6. The highest BCUT2D eigenvalue weighted by molar-refractivity contribution is 5.91. The predicted molar refractivity (Wildman–Crippen MR) is 201 cm³/mol. The molecule has 0 aromatic carbocycles. The summed E-state index contributed by atoms with van der Waals surface area (Å²) in [4.78, 5) is 75.2. The maximum Gasteiger partial charge on any atom is 0.334 e. The Morgan fingerprint density at radius 2 is 1.23 bits per heavy atom. The van der Waals surface area contributed by atoms with Crippen molar-refractivity contribution in [3.8, 4) is 0 Å². The van der Waals surface area contributed by atoms with Crippen molar-refractivity contribution in [3.05, 3.63) is 47.6 Å². The number of amides is 2. The Bertz CT molecular complexity index is 1630. The van der Waals surface area contributed by atoms with Crippen LogP contribution in [0.3, 0.4) is 0 Å². The molecule has 6 aliphatic rings. The number of allylic oxidation sites excluding steroid dienone is 4. The van der Waals surface area contributed by atoms with E-state index in [0.29, 0.717) is 81.9 Å². The van der Waals surface area contributed by atoms with Crippen LogP contribution in [0.5, 0.6) is 0 Å². The van der Waals surface area contributed by atoms with Crippen molar-refractivity contribution in [2.45, 2.75) is 146 Å². The molecule has 0 saturated carbocycles. The number of carbonyl (C=O) groups is 6. The number of hydrogen-bond acceptors (Lipinski definition) is 10. The summed E-state index contributed by atoms with van der Waals surface area (Å²) in [5.41, 5.74) is 0.118. The van der Waals surface area contributed by atoms with Crippen LogP contribution < -0.4 is 10.6 Å². The first-order chi connectivity index (χ1) is 26.5. The highest BCUT2D eigenvalue weighted by Crippen LogP contribution is 2.52. The lowest BCUT2D eigenvalue weighted by Gasteiger charge is -2.33. The van der Waals surface area contributed by atoms with E-state index in [1.54, 1.807) is 0 Å². The molecule has 4 saturated heterocycles. The fraction of sp³-hybridized carbons (Fsp3) is 0.667. The first-order valence-corrected chi connectivity index (χ1v) is 20.0. The van der Waals surface area contributed by atoms with E-state index in [9.17, 15) is 33.9 Å². The number of nitrogens with one attached hydrogen (secondary N) is 2. The van der Waals surface area contributed by atoms with Gasteiger partial charge in [-0.15, -0.1) is 0 Å². The van der Waals surface area contributed by atoms with Gasteiger partial charge in [0.25, 0.3) is 0 Å². The number of carboxylic acid groups (broad SMARTS) is 2. The summed E-state index contributed by atoms with van der Waals surface area (Å²) in [5, 5.41) is 25.5. The van der Waals surface area contributed by atoms with Crippen LogP contribution in [0.2, 0.25) is 0 Å². The van der Waals surface area contributed by atoms with Crippen LogP contribution in [-0.2, 0) is 47.7 Å². The van der Waals surface area contributed by atoms with Crippen LogP contribution in [-0.4, -0.2) is 94.6 Å². The van der Waals surface area contributed by atoms with Gasteiger partial charge < -0.3 is 39.8 Å². The van der Waals surface area contributed by atoms with Crippen molar-refractivity contribution in [2.75, 3.05) is 13.1 Å². The van der Waals surface area contributed by atoms with Crippen LogP contribution >= 0.6 is 0 Å². The monoisotopic (exact) mass is 780 g/mol. The van der Waals surface area contributed by atoms with Gasteiger partial charge in [0.1, 0.15) is 24.4 Å². The van der Waals surface area contributed by atoms with E-state index in [0.717, 1.165) is 11.1 Å². The van der Waals surface area contributed by atoms with Gasteiger partial charge in [0.2, 0.25) is 11.8 Å². The van der Waals surface area contributed by atoms with Crippen LogP contribution in [0.25, 0.3) is 0 Å². The van der Waals surface area contributed by atoms with Gasteiger partial charge in [-0.3, -0.25) is 19.2 Å². The van der Waals surface area contributed by atoms with Crippen molar-refractivity contribution in [2.24, 2.45) is 17.3 Å². The molecule has 2 amide bonds. The van der Waals surface area contributed by atoms with Gasteiger partial charge in [0.15, 0.2) is 0 Å². The molecule has 2 aliphatic carbocycles. The molecule has 0 bridgehead atoms. The van der Waals surface area contributed by atoms with Crippen LogP contribution in [0, 0.1) is 17.3 Å². The van der Waals surface area contributed by atoms with Gasteiger partial charge in [-0.2, -0.15) is 0 Å². The zero-order valence-corrected chi connectivity index (χ0v) is 32.5. The highest BCUT2D eigenvalue weighted by atomic mass is 16.7. The number of unbranched alkanes of at least 4 members (excludes halogenated alkanes) is 1. The summed E-state index contributed by atoms with van der Waals surface area (Å²) in [7, 11) is 0. The fourth-order valence-corrected chi connectivity index (χ4v) is 9.23. The highest BCUT2D eigenvalue weighted by Gasteiger charge is 2.62. The first-order valence-electron chi connectivity index (χ1n) is 20.0. The van der Waals surface area contributed by atoms with Gasteiger partial charge >= 0.3 is 23.9 Å². The van der Waals surface area contributed by atoms with Crippen LogP contribution in [0.15, 0.2) is 47.6 Å². The molecule has 14 heteroatoms. The van der Waals surface area contributed by atoms with E-state index >= 15 is 0 Å². The van der Waals surface area contributed by atoms with Crippen molar-refractivity contribution in [1.29, 1.82) is 0 Å². The fourth-order valence-electron chi connectivity index (χ4n) is 9.23. The Labute approximate surface area is 327 Å². The van der Waals surface area contributed by atoms with E-state index in [1.807, 2.05) is 13.8 Å². The SMILES string of the molecule is C=C1C(=O)O[C@H]2[C@H]1CC/C(CC(CC(=O)NCCCCNC(=O)CCC(=O)O)(C/C1=C/CC[C@@]3(C)O[C@H]3[C@H]3OC(=O)C(=C)[C@@H]3CC1)C(=O)O)=C\CC[C@@]1(C)O[C@@H]21. The lowest BCUT2D eigenvalue weighted by Crippen LogP contribution is -2.39. The minimum absolute atomic E-state index is 0.110. The molecule has 14 nitrogen and oxygen atoms in total. The number of rotatable bonds is 15. The molecule has 4 aliphatic heterocycles. The molecular formula is C42H56N2O12. The topological polar surface area (TPSA) is 210 Å². The van der Waals surface area contributed by atoms with Gasteiger partial charge in [0, 0.05) is 48.9 Å². The van der Waals surface area contributed by atoms with E-state index in [1.165, 1.54) is 0 Å². The molecule has 0 spiro atoms. The lowest BCUT2D eigenvalue weighted by atomic mass is 9.70. The first kappa shape index (κ1) is 41.3. The molecule has 0 aromatic rings. The van der Waals surface area contributed by atoms with Crippen molar-refractivity contribution in [3.63, 3.8) is 0 Å². The largest absolute Gasteiger partial charge is 0.481 e. The summed E-state index contributed by atoms with van der Waals surface area (Å²) in [5.74, 6) is -4.31. The third-order valence-corrected chi connectivity index (χ3v) is 12.8. The third-order valence-electron chi connectivity index (χ3n) is 12.8. The summed E-state index contributed by atoms with van der Waals surface area (Å²) in [6, 6.07) is 0. The Hall–Kier alpha value is -4.30. The van der Waals surface area contributed by atoms with Gasteiger partial charge in [-0.25, -0.2) is 9.59 Å². The minimum atomic E-state index is -1.52. The average molecular weight is 781 g/mol. The molecule has 4 heterocycles. The molecule has 4 N–H and O–H groups in total. The van der Waals surface area contributed by atoms with Gasteiger partial charge in [-0.05, 0) is 90.9 Å². The number of hydrogen-bond donors (Lipinski definition) is 4. The van der Waals surface area contributed by atoms with E-state index < -0.39 is 58.6 Å². The maximum absolute atomic E-state index is 13.7. The standard InChI is InChI=1S/C42H56N2O12/c1-24-28-13-11-26(9-7-17-40(3)35(55-40)33(28)53-37(24)49)21-42(39(51)52,23-31(46)44-20-6-5-19-43-30(45)15-16-32(47)48)22-27-10-8-18-41(4)36(56-41)34-29(14-12-27)25(2)38(50)54-34/h9-10,28-29,33-36H,1-2,5-8,11-23H2,3-4H3,(H,43,45)(H,44,46)(H,47,48)(H,51,52)/b26-9+,27-10+/t28-,29-,33-,34-,35-,36-,40+,41+/m0/s1. The Morgan fingerprint density at radius 1 is 0.768 bits per heavy atom. The molecule has 0 aromatic heterocycles. The number of epoxide rings is 2. The van der Waals surface area contributed by atoms with E-state index in [-0.39, 0.29) is 68.6 Å². The number of fused-ring (bicyclic) bond motifs is 6. The van der Waals surface area contributed by atoms with Crippen molar-refractivity contribution in [1.82, 2.24) is 10.6 Å². The zero-order valence-electron chi connectivity index (χ0n) is 32.5. The summed E-state index contributed by atoms with van der Waals surface area (Å²) < 4.78 is 23.6. The summed E-state index contributed by atoms with van der Waals surface area (Å²) >= 11 is 0. The lowest BCUT2D eigenvalue weighted by molar-refractivity contribution is -0.152. The maximum atomic E-state index is 13.7. The Morgan fingerprint density at radius 3 is 1.68 bits per heavy atom. The Balaban J connectivity index is 1.20. The summed E-state index contributed by atoms with van der Waals surface area (Å²) in [6.07, 6.45) is 8.09. The number of aliphatic carboxylic acids is 2. The molecule has 56 heavy (non-hydrogen) atoms. The second-order valence-corrected chi connectivity index (χ2v) is 17.0. The minimum Gasteiger partial charge on any atom is -0.481 e.